The Kier molecular flexibility index (Phi) is 7.01. The van der Waals surface area contributed by atoms with E-state index >= 15 is 0 Å². The molecule has 0 bridgehead atoms. The molecule has 5 nitrogen and oxygen atoms in total. The molecule has 1 aliphatic rings. The molecule has 0 aliphatic carbocycles. The Morgan fingerprint density at radius 3 is 2.53 bits per heavy atom. The summed E-state index contributed by atoms with van der Waals surface area (Å²) in [5, 5.41) is 0. The molecule has 0 spiro atoms. The molecule has 3 aromatic rings. The Hall–Kier alpha value is -3.21. The van der Waals surface area contributed by atoms with Crippen molar-refractivity contribution >= 4 is 15.8 Å². The monoisotopic (exact) mass is 480 g/mol. The summed E-state index contributed by atoms with van der Waals surface area (Å²) in [6.07, 6.45) is 4.88. The van der Waals surface area contributed by atoms with Gasteiger partial charge in [0.15, 0.2) is 11.5 Å². The molecule has 1 saturated heterocycles. The van der Waals surface area contributed by atoms with Crippen LogP contribution in [0.4, 0.5) is 4.39 Å². The maximum Gasteiger partial charge on any atom is 0.289 e. The highest BCUT2D eigenvalue weighted by atomic mass is 32.2. The third-order valence-corrected chi connectivity index (χ3v) is 7.62. The van der Waals surface area contributed by atoms with E-state index in [1.807, 2.05) is 12.1 Å². The van der Waals surface area contributed by atoms with Gasteiger partial charge in [-0.15, -0.1) is 0 Å². The second-order valence-electron chi connectivity index (χ2n) is 8.92. The minimum absolute atomic E-state index is 0.111. The average Bonchev–Trinajstić information content (AvgIpc) is 3.28. The van der Waals surface area contributed by atoms with Crippen molar-refractivity contribution in [1.82, 2.24) is 4.90 Å². The summed E-state index contributed by atoms with van der Waals surface area (Å²) in [4.78, 5) is 15.3. The second-order valence-corrected chi connectivity index (χ2v) is 12.1. The lowest BCUT2D eigenvalue weighted by atomic mass is 9.88. The largest absolute Gasteiger partial charge is 0.441 e. The molecule has 1 aliphatic heterocycles. The number of benzene rings is 2. The number of halogens is 1. The van der Waals surface area contributed by atoms with E-state index in [0.717, 1.165) is 18.4 Å². The first kappa shape index (κ1) is 23.9. The van der Waals surface area contributed by atoms with Crippen LogP contribution in [0.5, 0.6) is 0 Å². The molecule has 2 N–H and O–H groups in total. The molecular formula is C27H29FN2O3S. The lowest BCUT2D eigenvalue weighted by Gasteiger charge is -2.31. The number of hydrogen-bond acceptors (Lipinski definition) is 4. The predicted octanol–water partition coefficient (Wildman–Crippen LogP) is 3.93. The van der Waals surface area contributed by atoms with Crippen LogP contribution in [-0.4, -0.2) is 40.6 Å². The third-order valence-electron chi connectivity index (χ3n) is 6.13. The Morgan fingerprint density at radius 1 is 1.12 bits per heavy atom. The van der Waals surface area contributed by atoms with Crippen LogP contribution in [0, 0.1) is 17.7 Å². The van der Waals surface area contributed by atoms with Gasteiger partial charge in [-0.1, -0.05) is 52.3 Å². The molecule has 1 aromatic heterocycles. The number of piperidine rings is 1. The van der Waals surface area contributed by atoms with Crippen molar-refractivity contribution in [3.05, 3.63) is 88.6 Å². The molecule has 34 heavy (non-hydrogen) atoms. The van der Waals surface area contributed by atoms with E-state index < -0.39 is 15.7 Å². The summed E-state index contributed by atoms with van der Waals surface area (Å²) in [6.45, 7) is 1.70. The topological polar surface area (TPSA) is 76.5 Å². The number of carbonyl (C=O) groups excluding carboxylic acids is 1. The highest BCUT2D eigenvalue weighted by Gasteiger charge is 2.28. The number of hydrogen-bond donors (Lipinski definition) is 2. The maximum absolute atomic E-state index is 13.9. The molecule has 2 heterocycles. The summed E-state index contributed by atoms with van der Waals surface area (Å²) >= 11 is 0. The number of nitrogens with zero attached hydrogens (tertiary/aromatic N) is 1. The van der Waals surface area contributed by atoms with Crippen molar-refractivity contribution in [2.24, 2.45) is 5.73 Å². The lowest BCUT2D eigenvalue weighted by molar-refractivity contribution is 0.0680. The van der Waals surface area contributed by atoms with Gasteiger partial charge in [0.1, 0.15) is 5.82 Å². The van der Waals surface area contributed by atoms with E-state index in [4.69, 9.17) is 10.2 Å². The molecule has 0 unspecified atom stereocenters. The summed E-state index contributed by atoms with van der Waals surface area (Å²) in [5.41, 5.74) is 8.33. The number of thiol groups is 1. The van der Waals surface area contributed by atoms with Gasteiger partial charge in [-0.2, -0.15) is 0 Å². The second kappa shape index (κ2) is 9.96. The smallest absolute Gasteiger partial charge is 0.289 e. The summed E-state index contributed by atoms with van der Waals surface area (Å²) in [5.74, 6) is 5.45. The van der Waals surface area contributed by atoms with Crippen LogP contribution < -0.4 is 5.73 Å². The quantitative estimate of drug-likeness (QED) is 0.438. The SMILES string of the molecule is C[SH](C)(=O)c1cc(C(=O)N2CCC(c3cccc(CN)c3)CC2)oc1C#Cc1ccccc1F. The fraction of sp³-hybridized carbons (Fsp3) is 0.296. The van der Waals surface area contributed by atoms with Crippen molar-refractivity contribution in [2.75, 3.05) is 25.6 Å². The van der Waals surface area contributed by atoms with Crippen molar-refractivity contribution in [2.45, 2.75) is 30.2 Å². The van der Waals surface area contributed by atoms with Gasteiger partial charge >= 0.3 is 0 Å². The zero-order chi connectivity index (χ0) is 24.3. The summed E-state index contributed by atoms with van der Waals surface area (Å²) in [7, 11) is -2.78. The van der Waals surface area contributed by atoms with Gasteiger partial charge < -0.3 is 15.1 Å². The van der Waals surface area contributed by atoms with Crippen molar-refractivity contribution in [1.29, 1.82) is 0 Å². The van der Waals surface area contributed by atoms with Crippen LogP contribution in [-0.2, 0) is 16.5 Å². The average molecular weight is 481 g/mol. The van der Waals surface area contributed by atoms with Crippen LogP contribution in [0.15, 0.2) is 63.9 Å². The standard InChI is InChI=1S/C27H29FN2O3S/c1-34(2,32)26-17-25(33-24(26)11-10-21-7-3-4-9-23(21)28)27(31)30-14-12-20(13-15-30)22-8-5-6-19(16-22)18-29/h3-9,16-17,20,34H,12-15,18,29H2,1-2H3. The molecule has 2 aromatic carbocycles. The Morgan fingerprint density at radius 2 is 1.85 bits per heavy atom. The van der Waals surface area contributed by atoms with Crippen LogP contribution in [0.25, 0.3) is 0 Å². The van der Waals surface area contributed by atoms with E-state index in [2.05, 4.69) is 24.0 Å². The molecule has 178 valence electrons. The molecule has 7 heteroatoms. The molecule has 4 rings (SSSR count). The Bertz CT molecular complexity index is 1310. The molecular weight excluding hydrogens is 451 g/mol. The zero-order valence-electron chi connectivity index (χ0n) is 19.4. The van der Waals surface area contributed by atoms with E-state index in [-0.39, 0.29) is 23.0 Å². The zero-order valence-corrected chi connectivity index (χ0v) is 20.3. The minimum atomic E-state index is -2.78. The number of rotatable bonds is 4. The molecule has 0 atom stereocenters. The van der Waals surface area contributed by atoms with Gasteiger partial charge in [-0.05, 0) is 60.5 Å². The van der Waals surface area contributed by atoms with Gasteiger partial charge in [0, 0.05) is 25.7 Å². The molecule has 1 fully saturated rings. The maximum atomic E-state index is 13.9. The highest BCUT2D eigenvalue weighted by Crippen LogP contribution is 2.30. The van der Waals surface area contributed by atoms with Crippen LogP contribution >= 0.6 is 0 Å². The third kappa shape index (κ3) is 5.30. The van der Waals surface area contributed by atoms with Crippen molar-refractivity contribution < 1.29 is 17.8 Å². The first-order chi connectivity index (χ1) is 16.3. The van der Waals surface area contributed by atoms with E-state index in [0.29, 0.717) is 30.4 Å². The first-order valence-electron chi connectivity index (χ1n) is 11.3. The van der Waals surface area contributed by atoms with Crippen LogP contribution in [0.2, 0.25) is 0 Å². The predicted molar refractivity (Wildman–Crippen MR) is 133 cm³/mol. The fourth-order valence-electron chi connectivity index (χ4n) is 4.21. The van der Waals surface area contributed by atoms with Crippen LogP contribution in [0.3, 0.4) is 0 Å². The van der Waals surface area contributed by atoms with Gasteiger partial charge in [0.05, 0.1) is 10.5 Å². The number of likely N-dealkylation sites (tertiary alicyclic amines) is 1. The van der Waals surface area contributed by atoms with Crippen molar-refractivity contribution in [3.63, 3.8) is 0 Å². The Labute approximate surface area is 200 Å². The van der Waals surface area contributed by atoms with Crippen molar-refractivity contribution in [3.8, 4) is 11.8 Å². The summed E-state index contributed by atoms with van der Waals surface area (Å²) in [6, 6.07) is 16.0. The van der Waals surface area contributed by atoms with Gasteiger partial charge in [0.25, 0.3) is 5.91 Å². The number of furan rings is 1. The molecule has 0 radical (unpaired) electrons. The summed E-state index contributed by atoms with van der Waals surface area (Å²) < 4.78 is 32.6. The normalized spacial score (nSPS) is 15.0. The van der Waals surface area contributed by atoms with Gasteiger partial charge in [0.2, 0.25) is 0 Å². The van der Waals surface area contributed by atoms with E-state index in [1.54, 1.807) is 35.6 Å². The molecule has 1 amide bonds. The van der Waals surface area contributed by atoms with E-state index in [9.17, 15) is 13.4 Å². The van der Waals surface area contributed by atoms with E-state index in [1.165, 1.54) is 17.7 Å². The number of amides is 1. The lowest BCUT2D eigenvalue weighted by Crippen LogP contribution is -2.37. The first-order valence-corrected chi connectivity index (χ1v) is 13.9. The minimum Gasteiger partial charge on any atom is -0.441 e. The number of carbonyl (C=O) groups is 1. The molecule has 0 saturated carbocycles. The van der Waals surface area contributed by atoms with Crippen LogP contribution in [0.1, 0.15) is 51.8 Å². The fourth-order valence-corrected chi connectivity index (χ4v) is 5.23. The highest BCUT2D eigenvalue weighted by molar-refractivity contribution is 8.01. The Balaban J connectivity index is 1.53. The van der Waals surface area contributed by atoms with Gasteiger partial charge in [-0.25, -0.2) is 4.39 Å². The number of nitrogens with two attached hydrogens (primary N) is 1. The van der Waals surface area contributed by atoms with Gasteiger partial charge in [-0.3, -0.25) is 9.00 Å².